The van der Waals surface area contributed by atoms with Gasteiger partial charge >= 0.3 is 0 Å². The van der Waals surface area contributed by atoms with Crippen molar-refractivity contribution in [2.75, 3.05) is 23.2 Å². The first-order valence-electron chi connectivity index (χ1n) is 11.6. The highest BCUT2D eigenvalue weighted by atomic mass is 32.3. The van der Waals surface area contributed by atoms with Crippen molar-refractivity contribution in [1.82, 2.24) is 26.7 Å². The molecule has 0 aromatic heterocycles. The third-order valence-corrected chi connectivity index (χ3v) is 10.2. The molecule has 10 nitrogen and oxygen atoms in total. The summed E-state index contributed by atoms with van der Waals surface area (Å²) in [5.41, 5.74) is 4.52. The predicted molar refractivity (Wildman–Crippen MR) is 135 cm³/mol. The van der Waals surface area contributed by atoms with Gasteiger partial charge in [0.05, 0.1) is 23.6 Å². The van der Waals surface area contributed by atoms with Crippen LogP contribution < -0.4 is 36.8 Å². The Morgan fingerprint density at radius 2 is 1.81 bits per heavy atom. The number of hydrogen-bond acceptors (Lipinski definition) is 9. The first kappa shape index (κ1) is 26.1. The molecule has 3 aliphatic rings. The molecule has 2 fully saturated rings. The fraction of sp³-hybridized carbons (Fsp3) is 0.409. The number of thioether (sulfide) groups is 1. The van der Waals surface area contributed by atoms with Gasteiger partial charge in [0.1, 0.15) is 15.9 Å². The maximum absolute atomic E-state index is 15.6. The number of carbonyl (C=O) groups is 1. The summed E-state index contributed by atoms with van der Waals surface area (Å²) >= 11 is 0.915. The molecule has 4 unspecified atom stereocenters. The van der Waals surface area contributed by atoms with E-state index in [9.17, 15) is 17.6 Å². The minimum atomic E-state index is -4.24. The van der Waals surface area contributed by atoms with Gasteiger partial charge in [-0.2, -0.15) is 0 Å². The van der Waals surface area contributed by atoms with Crippen molar-refractivity contribution in [3.05, 3.63) is 47.3 Å². The lowest BCUT2D eigenvalue weighted by Gasteiger charge is -2.19. The number of halogens is 3. The molecule has 0 bridgehead atoms. The number of carbonyl (C=O) groups excluding carboxylic acids is 1. The fourth-order valence-corrected chi connectivity index (χ4v) is 8.08. The zero-order valence-electron chi connectivity index (χ0n) is 19.8. The molecule has 2 aromatic carbocycles. The number of anilines is 2. The van der Waals surface area contributed by atoms with Gasteiger partial charge in [-0.1, -0.05) is 23.9 Å². The average molecular weight is 558 g/mol. The summed E-state index contributed by atoms with van der Waals surface area (Å²) in [5, 5.41) is 12.0. The third kappa shape index (κ3) is 4.98. The van der Waals surface area contributed by atoms with Gasteiger partial charge in [0.15, 0.2) is 11.6 Å². The van der Waals surface area contributed by atoms with Crippen LogP contribution in [0.4, 0.5) is 24.5 Å². The van der Waals surface area contributed by atoms with Crippen LogP contribution in [0.5, 0.6) is 0 Å². The molecule has 4 atom stereocenters. The molecule has 15 heteroatoms. The molecule has 2 saturated heterocycles. The molecule has 37 heavy (non-hydrogen) atoms. The van der Waals surface area contributed by atoms with Gasteiger partial charge in [0.2, 0.25) is 15.9 Å². The van der Waals surface area contributed by atoms with Crippen molar-refractivity contribution in [1.29, 1.82) is 0 Å². The number of fused-ring (bicyclic) bond motifs is 1. The highest BCUT2D eigenvalue weighted by Gasteiger charge is 2.41. The van der Waals surface area contributed by atoms with Gasteiger partial charge in [-0.3, -0.25) is 25.5 Å². The molecular formula is C22H26F3N7O3S2. The minimum absolute atomic E-state index is 0.107. The van der Waals surface area contributed by atoms with Gasteiger partial charge in [-0.25, -0.2) is 27.0 Å². The topological polar surface area (TPSA) is 135 Å². The number of hydrazine groups is 1. The Bertz CT molecular complexity index is 1340. The fourth-order valence-electron chi connectivity index (χ4n) is 4.72. The van der Waals surface area contributed by atoms with Crippen LogP contribution in [0.25, 0.3) is 11.1 Å². The van der Waals surface area contributed by atoms with E-state index >= 15 is 8.78 Å². The van der Waals surface area contributed by atoms with Gasteiger partial charge < -0.3 is 10.7 Å². The van der Waals surface area contributed by atoms with Crippen LogP contribution >= 0.6 is 11.8 Å². The summed E-state index contributed by atoms with van der Waals surface area (Å²) in [4.78, 5) is 11.3. The van der Waals surface area contributed by atoms with E-state index in [4.69, 9.17) is 0 Å². The number of amides is 1. The summed E-state index contributed by atoms with van der Waals surface area (Å²) in [7, 11) is -4.24. The number of hydrogen-bond donors (Lipinski definition) is 7. The summed E-state index contributed by atoms with van der Waals surface area (Å²) in [6.45, 7) is 4.40. The summed E-state index contributed by atoms with van der Waals surface area (Å²) in [6, 6.07) is 3.59. The maximum atomic E-state index is 15.6. The SMILES string of the molecule is CC(=O)NC1NC(C)C(S(=O)(=O)Nc2cc(F)cc(-c3ccc4c(c3F)NNC4C3NCCN3)c2F)S1. The predicted octanol–water partition coefficient (Wildman–Crippen LogP) is 1.47. The highest BCUT2D eigenvalue weighted by molar-refractivity contribution is 8.14. The zero-order valence-corrected chi connectivity index (χ0v) is 21.4. The van der Waals surface area contributed by atoms with Crippen LogP contribution in [0.3, 0.4) is 0 Å². The lowest BCUT2D eigenvalue weighted by molar-refractivity contribution is -0.119. The van der Waals surface area contributed by atoms with Crippen molar-refractivity contribution in [3.63, 3.8) is 0 Å². The molecule has 7 N–H and O–H groups in total. The van der Waals surface area contributed by atoms with Crippen molar-refractivity contribution in [2.24, 2.45) is 0 Å². The number of nitrogens with one attached hydrogen (secondary N) is 7. The lowest BCUT2D eigenvalue weighted by Crippen LogP contribution is -2.42. The van der Waals surface area contributed by atoms with Crippen LogP contribution in [0, 0.1) is 17.5 Å². The molecular weight excluding hydrogens is 531 g/mol. The Morgan fingerprint density at radius 3 is 2.51 bits per heavy atom. The quantitative estimate of drug-likeness (QED) is 0.282. The van der Waals surface area contributed by atoms with Crippen molar-refractivity contribution in [3.8, 4) is 11.1 Å². The summed E-state index contributed by atoms with van der Waals surface area (Å²) < 4.78 is 72.8. The number of rotatable bonds is 6. The van der Waals surface area contributed by atoms with Gasteiger partial charge in [0, 0.05) is 48.8 Å². The molecule has 200 valence electrons. The van der Waals surface area contributed by atoms with E-state index in [1.54, 1.807) is 13.0 Å². The first-order valence-corrected chi connectivity index (χ1v) is 14.0. The van der Waals surface area contributed by atoms with Crippen LogP contribution in [-0.2, 0) is 14.8 Å². The van der Waals surface area contributed by atoms with Crippen molar-refractivity contribution < 1.29 is 26.4 Å². The molecule has 0 radical (unpaired) electrons. The van der Waals surface area contributed by atoms with E-state index in [2.05, 4.69) is 36.8 Å². The molecule has 3 aliphatic heterocycles. The summed E-state index contributed by atoms with van der Waals surface area (Å²) in [5.74, 6) is -3.22. The van der Waals surface area contributed by atoms with Gasteiger partial charge in [-0.15, -0.1) is 0 Å². The second-order valence-corrected chi connectivity index (χ2v) is 12.4. The Kier molecular flexibility index (Phi) is 7.02. The highest BCUT2D eigenvalue weighted by Crippen LogP contribution is 2.40. The molecule has 0 saturated carbocycles. The maximum Gasteiger partial charge on any atom is 0.246 e. The zero-order chi connectivity index (χ0) is 26.5. The molecule has 5 rings (SSSR count). The Hall–Kier alpha value is -2.56. The Labute approximate surface area is 215 Å². The largest absolute Gasteiger partial charge is 0.332 e. The van der Waals surface area contributed by atoms with Crippen LogP contribution in [0.2, 0.25) is 0 Å². The van der Waals surface area contributed by atoms with Crippen molar-refractivity contribution in [2.45, 2.75) is 42.2 Å². The molecule has 1 amide bonds. The van der Waals surface area contributed by atoms with E-state index < -0.39 is 54.8 Å². The second kappa shape index (κ2) is 9.96. The average Bonchev–Trinajstić information content (AvgIpc) is 3.56. The monoisotopic (exact) mass is 557 g/mol. The number of sulfonamides is 1. The minimum Gasteiger partial charge on any atom is -0.332 e. The smallest absolute Gasteiger partial charge is 0.246 e. The molecule has 2 aromatic rings. The van der Waals surface area contributed by atoms with E-state index in [0.717, 1.165) is 30.9 Å². The third-order valence-electron chi connectivity index (χ3n) is 6.36. The van der Waals surface area contributed by atoms with E-state index in [0.29, 0.717) is 11.6 Å². The van der Waals surface area contributed by atoms with Crippen molar-refractivity contribution >= 4 is 39.1 Å². The van der Waals surface area contributed by atoms with Crippen LogP contribution in [0.15, 0.2) is 24.3 Å². The van der Waals surface area contributed by atoms with E-state index in [-0.39, 0.29) is 29.4 Å². The molecule has 3 heterocycles. The standard InChI is InChI=1S/C22H26F3N7O3S2/c1-9-21(36-22(28-9)29-10(2)33)37(34,35)32-15-8-11(23)7-14(16(15)24)12-3-4-13-18(17(12)25)30-31-19(13)20-26-5-6-27-20/h3-4,7-9,19-22,26-28,30-32H,5-6H2,1-2H3,(H,29,33). The van der Waals surface area contributed by atoms with E-state index in [1.807, 2.05) is 0 Å². The Balaban J connectivity index is 1.44. The van der Waals surface area contributed by atoms with Crippen LogP contribution in [0.1, 0.15) is 25.5 Å². The first-order chi connectivity index (χ1) is 17.5. The van der Waals surface area contributed by atoms with E-state index in [1.165, 1.54) is 13.0 Å². The Morgan fingerprint density at radius 1 is 1.08 bits per heavy atom. The lowest BCUT2D eigenvalue weighted by atomic mass is 9.97. The normalized spacial score (nSPS) is 25.6. The van der Waals surface area contributed by atoms with Gasteiger partial charge in [-0.05, 0) is 13.0 Å². The van der Waals surface area contributed by atoms with Gasteiger partial charge in [0.25, 0.3) is 0 Å². The number of benzene rings is 2. The second-order valence-electron chi connectivity index (χ2n) is 9.03. The summed E-state index contributed by atoms with van der Waals surface area (Å²) in [6.07, 6.45) is -0.138. The molecule has 0 aliphatic carbocycles. The van der Waals surface area contributed by atoms with Crippen LogP contribution in [-0.4, -0.2) is 49.7 Å². The molecule has 0 spiro atoms.